The summed E-state index contributed by atoms with van der Waals surface area (Å²) in [4.78, 5) is 23.9. The van der Waals surface area contributed by atoms with Crippen molar-refractivity contribution in [2.75, 3.05) is 11.6 Å². The Labute approximate surface area is 128 Å². The number of amides is 2. The fourth-order valence-electron chi connectivity index (χ4n) is 2.26. The third-order valence-corrected chi connectivity index (χ3v) is 4.69. The smallest absolute Gasteiger partial charge is 0.248 e. The predicted octanol–water partition coefficient (Wildman–Crippen LogP) is 1.54. The third-order valence-electron chi connectivity index (χ3n) is 3.28. The van der Waals surface area contributed by atoms with Crippen LogP contribution in [0.5, 0.6) is 0 Å². The van der Waals surface area contributed by atoms with Crippen LogP contribution in [-0.4, -0.2) is 36.8 Å². The summed E-state index contributed by atoms with van der Waals surface area (Å²) in [7, 11) is -3.76. The molecule has 114 valence electrons. The van der Waals surface area contributed by atoms with Crippen LogP contribution in [0.1, 0.15) is 18.4 Å². The second kappa shape index (κ2) is 5.65. The fraction of sp³-hybridized carbons (Fsp3) is 0.385. The van der Waals surface area contributed by atoms with Crippen molar-refractivity contribution in [1.82, 2.24) is 4.31 Å². The molecule has 1 N–H and O–H groups in total. The van der Waals surface area contributed by atoms with E-state index < -0.39 is 27.9 Å². The van der Waals surface area contributed by atoms with E-state index in [1.54, 1.807) is 25.1 Å². The molecule has 8 heteroatoms. The molecule has 0 spiro atoms. The van der Waals surface area contributed by atoms with Gasteiger partial charge in [0.25, 0.3) is 0 Å². The van der Waals surface area contributed by atoms with Crippen molar-refractivity contribution in [2.45, 2.75) is 25.8 Å². The number of hydrogen-bond acceptors (Lipinski definition) is 4. The maximum absolute atomic E-state index is 12.3. The first-order valence-electron chi connectivity index (χ1n) is 6.29. The first-order chi connectivity index (χ1) is 9.70. The van der Waals surface area contributed by atoms with Gasteiger partial charge in [0.2, 0.25) is 21.8 Å². The monoisotopic (exact) mass is 330 g/mol. The van der Waals surface area contributed by atoms with Crippen molar-refractivity contribution >= 4 is 39.1 Å². The Hall–Kier alpha value is -1.60. The largest absolute Gasteiger partial charge is 0.324 e. The second-order valence-corrected chi connectivity index (χ2v) is 7.25. The maximum atomic E-state index is 12.3. The summed E-state index contributed by atoms with van der Waals surface area (Å²) in [6.07, 6.45) is 1.14. The number of carbonyl (C=O) groups is 2. The van der Waals surface area contributed by atoms with E-state index in [2.05, 4.69) is 5.32 Å². The highest BCUT2D eigenvalue weighted by molar-refractivity contribution is 7.89. The zero-order valence-electron chi connectivity index (χ0n) is 11.6. The van der Waals surface area contributed by atoms with E-state index in [0.29, 0.717) is 15.0 Å². The van der Waals surface area contributed by atoms with Crippen molar-refractivity contribution < 1.29 is 18.0 Å². The number of anilines is 1. The number of hydrogen-bond donors (Lipinski definition) is 1. The van der Waals surface area contributed by atoms with E-state index in [1.807, 2.05) is 0 Å². The average molecular weight is 331 g/mol. The molecule has 0 radical (unpaired) electrons. The van der Waals surface area contributed by atoms with Crippen LogP contribution in [0.25, 0.3) is 0 Å². The Morgan fingerprint density at radius 1 is 1.43 bits per heavy atom. The van der Waals surface area contributed by atoms with Gasteiger partial charge in [-0.2, -0.15) is 0 Å². The summed E-state index contributed by atoms with van der Waals surface area (Å²) in [6, 6.07) is 4.00. The molecule has 1 aliphatic heterocycles. The number of sulfonamides is 1. The highest BCUT2D eigenvalue weighted by Gasteiger charge is 2.41. The Morgan fingerprint density at radius 3 is 2.71 bits per heavy atom. The topological polar surface area (TPSA) is 83.6 Å². The number of benzene rings is 1. The molecule has 21 heavy (non-hydrogen) atoms. The van der Waals surface area contributed by atoms with Crippen LogP contribution in [0, 0.1) is 6.92 Å². The van der Waals surface area contributed by atoms with Crippen molar-refractivity contribution in [3.63, 3.8) is 0 Å². The Morgan fingerprint density at radius 2 is 2.10 bits per heavy atom. The molecule has 2 amide bonds. The van der Waals surface area contributed by atoms with Crippen molar-refractivity contribution in [3.8, 4) is 0 Å². The molecule has 1 aromatic carbocycles. The Balaban J connectivity index is 2.24. The number of nitrogens with one attached hydrogen (secondary N) is 1. The first-order valence-corrected chi connectivity index (χ1v) is 8.52. The van der Waals surface area contributed by atoms with Crippen molar-refractivity contribution in [1.29, 1.82) is 0 Å². The summed E-state index contributed by atoms with van der Waals surface area (Å²) in [6.45, 7) is 1.79. The number of nitrogens with zero attached hydrogens (tertiary/aromatic N) is 1. The van der Waals surface area contributed by atoms with E-state index in [9.17, 15) is 18.0 Å². The first kappa shape index (κ1) is 15.8. The number of carbonyl (C=O) groups excluding carboxylic acids is 2. The lowest BCUT2D eigenvalue weighted by Crippen LogP contribution is -2.44. The molecule has 0 bridgehead atoms. The molecule has 1 heterocycles. The van der Waals surface area contributed by atoms with Crippen LogP contribution in [0.15, 0.2) is 18.2 Å². The lowest BCUT2D eigenvalue weighted by Gasteiger charge is -2.22. The van der Waals surface area contributed by atoms with E-state index in [0.717, 1.165) is 11.8 Å². The van der Waals surface area contributed by atoms with Crippen LogP contribution in [0.3, 0.4) is 0 Å². The minimum Gasteiger partial charge on any atom is -0.324 e. The molecule has 0 aromatic heterocycles. The summed E-state index contributed by atoms with van der Waals surface area (Å²) >= 11 is 5.87. The van der Waals surface area contributed by atoms with E-state index in [-0.39, 0.29) is 12.8 Å². The molecule has 2 rings (SSSR count). The molecule has 1 atom stereocenters. The van der Waals surface area contributed by atoms with E-state index in [1.165, 1.54) is 0 Å². The van der Waals surface area contributed by atoms with Gasteiger partial charge in [0.15, 0.2) is 0 Å². The predicted molar refractivity (Wildman–Crippen MR) is 79.5 cm³/mol. The zero-order chi connectivity index (χ0) is 15.8. The van der Waals surface area contributed by atoms with Gasteiger partial charge in [-0.15, -0.1) is 0 Å². The molecule has 1 aromatic rings. The lowest BCUT2D eigenvalue weighted by atomic mass is 10.1. The van der Waals surface area contributed by atoms with Crippen molar-refractivity contribution in [3.05, 3.63) is 28.8 Å². The van der Waals surface area contributed by atoms with Gasteiger partial charge < -0.3 is 5.32 Å². The highest BCUT2D eigenvalue weighted by atomic mass is 35.5. The summed E-state index contributed by atoms with van der Waals surface area (Å²) in [5.41, 5.74) is 1.29. The Bertz CT molecular complexity index is 702. The third kappa shape index (κ3) is 3.36. The van der Waals surface area contributed by atoms with Crippen LogP contribution in [-0.2, 0) is 19.6 Å². The maximum Gasteiger partial charge on any atom is 0.248 e. The molecule has 0 aliphatic carbocycles. The van der Waals surface area contributed by atoms with Gasteiger partial charge in [-0.3, -0.25) is 9.59 Å². The second-order valence-electron chi connectivity index (χ2n) is 4.96. The lowest BCUT2D eigenvalue weighted by molar-refractivity contribution is -0.128. The van der Waals surface area contributed by atoms with Crippen LogP contribution < -0.4 is 5.32 Å². The molecule has 1 saturated heterocycles. The summed E-state index contributed by atoms with van der Waals surface area (Å²) in [5.74, 6) is -1.09. The van der Waals surface area contributed by atoms with Crippen LogP contribution >= 0.6 is 11.6 Å². The number of aryl methyl sites for hydroxylation is 1. The average Bonchev–Trinajstić information content (AvgIpc) is 2.75. The molecule has 1 unspecified atom stereocenters. The van der Waals surface area contributed by atoms with Gasteiger partial charge in [-0.1, -0.05) is 17.7 Å². The quantitative estimate of drug-likeness (QED) is 0.911. The number of rotatable bonds is 3. The fourth-order valence-corrected chi connectivity index (χ4v) is 3.56. The van der Waals surface area contributed by atoms with Gasteiger partial charge in [-0.05, 0) is 31.0 Å². The van der Waals surface area contributed by atoms with Crippen molar-refractivity contribution in [2.24, 2.45) is 0 Å². The zero-order valence-corrected chi connectivity index (χ0v) is 13.2. The number of halogens is 1. The minimum atomic E-state index is -3.76. The van der Waals surface area contributed by atoms with Crippen LogP contribution in [0.4, 0.5) is 5.69 Å². The highest BCUT2D eigenvalue weighted by Crippen LogP contribution is 2.25. The molecule has 1 aliphatic rings. The molecule has 6 nitrogen and oxygen atoms in total. The molecular weight excluding hydrogens is 316 g/mol. The SMILES string of the molecule is Cc1ccc(Cl)cc1NC(=O)C1CCC(=O)N1S(C)(=O)=O. The minimum absolute atomic E-state index is 0.0414. The molecule has 1 fully saturated rings. The standard InChI is InChI=1S/C13H15ClN2O4S/c1-8-3-4-9(14)7-10(8)15-13(18)11-5-6-12(17)16(11)21(2,19)20/h3-4,7,11H,5-6H2,1-2H3,(H,15,18). The molecular formula is C13H15ClN2O4S. The van der Waals surface area contributed by atoms with Gasteiger partial charge in [0.05, 0.1) is 6.26 Å². The molecule has 0 saturated carbocycles. The van der Waals surface area contributed by atoms with E-state index in [4.69, 9.17) is 11.6 Å². The normalized spacial score (nSPS) is 18.9. The summed E-state index contributed by atoms with van der Waals surface area (Å²) < 4.78 is 23.9. The van der Waals surface area contributed by atoms with Gasteiger partial charge in [0.1, 0.15) is 6.04 Å². The van der Waals surface area contributed by atoms with Gasteiger partial charge in [-0.25, -0.2) is 12.7 Å². The van der Waals surface area contributed by atoms with E-state index >= 15 is 0 Å². The van der Waals surface area contributed by atoms with Gasteiger partial charge in [0, 0.05) is 17.1 Å². The summed E-state index contributed by atoms with van der Waals surface area (Å²) in [5, 5.41) is 3.09. The van der Waals surface area contributed by atoms with Gasteiger partial charge >= 0.3 is 0 Å². The Kier molecular flexibility index (Phi) is 4.25. The van der Waals surface area contributed by atoms with Crippen LogP contribution in [0.2, 0.25) is 5.02 Å².